The molecular formula is C13H14N4OS. The summed E-state index contributed by atoms with van der Waals surface area (Å²) in [7, 11) is 1.67. The van der Waals surface area contributed by atoms with E-state index in [9.17, 15) is 0 Å². The van der Waals surface area contributed by atoms with Crippen molar-refractivity contribution in [3.63, 3.8) is 0 Å². The normalized spacial score (nSPS) is 10.3. The zero-order valence-corrected chi connectivity index (χ0v) is 11.4. The van der Waals surface area contributed by atoms with Crippen LogP contribution < -0.4 is 0 Å². The van der Waals surface area contributed by atoms with Crippen LogP contribution in [0.15, 0.2) is 35.7 Å². The molecule has 0 unspecified atom stereocenters. The zero-order valence-electron chi connectivity index (χ0n) is 10.6. The molecule has 2 aromatic rings. The third-order valence-electron chi connectivity index (χ3n) is 2.61. The lowest BCUT2D eigenvalue weighted by molar-refractivity contribution is 0.184. The Balaban J connectivity index is 2.03. The lowest BCUT2D eigenvalue weighted by atomic mass is 10.1. The van der Waals surface area contributed by atoms with E-state index in [-0.39, 0.29) is 0 Å². The van der Waals surface area contributed by atoms with Crippen molar-refractivity contribution in [1.82, 2.24) is 14.8 Å². The molecule has 0 saturated heterocycles. The maximum absolute atomic E-state index is 9.04. The van der Waals surface area contributed by atoms with E-state index in [4.69, 9.17) is 10.00 Å². The first kappa shape index (κ1) is 13.6. The highest BCUT2D eigenvalue weighted by atomic mass is 32.2. The number of nitriles is 1. The van der Waals surface area contributed by atoms with Crippen LogP contribution in [0.5, 0.6) is 0 Å². The molecule has 1 aromatic heterocycles. The smallest absolute Gasteiger partial charge is 0.191 e. The van der Waals surface area contributed by atoms with Gasteiger partial charge in [0.15, 0.2) is 5.16 Å². The minimum Gasteiger partial charge on any atom is -0.383 e. The molecule has 98 valence electrons. The van der Waals surface area contributed by atoms with Crippen LogP contribution in [0.1, 0.15) is 11.1 Å². The zero-order chi connectivity index (χ0) is 13.5. The molecular weight excluding hydrogens is 260 g/mol. The van der Waals surface area contributed by atoms with Crippen molar-refractivity contribution >= 4 is 11.8 Å². The molecule has 0 aliphatic heterocycles. The van der Waals surface area contributed by atoms with Crippen LogP contribution in [0.3, 0.4) is 0 Å². The van der Waals surface area contributed by atoms with Crippen LogP contribution in [-0.2, 0) is 17.0 Å². The number of hydrogen-bond acceptors (Lipinski definition) is 5. The molecule has 19 heavy (non-hydrogen) atoms. The number of methoxy groups -OCH3 is 1. The largest absolute Gasteiger partial charge is 0.383 e. The van der Waals surface area contributed by atoms with Gasteiger partial charge in [0, 0.05) is 19.4 Å². The third kappa shape index (κ3) is 3.56. The molecule has 0 N–H and O–H groups in total. The minimum absolute atomic E-state index is 0.625. The molecule has 0 amide bonds. The molecule has 0 bridgehead atoms. The monoisotopic (exact) mass is 274 g/mol. The fraction of sp³-hybridized carbons (Fsp3) is 0.308. The Morgan fingerprint density at radius 1 is 1.42 bits per heavy atom. The summed E-state index contributed by atoms with van der Waals surface area (Å²) < 4.78 is 6.99. The average Bonchev–Trinajstić information content (AvgIpc) is 2.90. The van der Waals surface area contributed by atoms with Crippen molar-refractivity contribution in [2.75, 3.05) is 13.7 Å². The lowest BCUT2D eigenvalue weighted by Gasteiger charge is -2.06. The number of hydrogen-bond donors (Lipinski definition) is 0. The molecule has 0 spiro atoms. The molecule has 0 saturated carbocycles. The highest BCUT2D eigenvalue weighted by molar-refractivity contribution is 7.98. The van der Waals surface area contributed by atoms with Gasteiger partial charge in [-0.15, -0.1) is 10.2 Å². The maximum Gasteiger partial charge on any atom is 0.191 e. The maximum atomic E-state index is 9.04. The first-order valence-electron chi connectivity index (χ1n) is 5.82. The van der Waals surface area contributed by atoms with Gasteiger partial charge < -0.3 is 9.30 Å². The van der Waals surface area contributed by atoms with E-state index < -0.39 is 0 Å². The van der Waals surface area contributed by atoms with E-state index in [0.29, 0.717) is 17.9 Å². The van der Waals surface area contributed by atoms with Crippen LogP contribution in [-0.4, -0.2) is 28.5 Å². The van der Waals surface area contributed by atoms with E-state index in [1.165, 1.54) is 0 Å². The SMILES string of the molecule is COCCn1cnnc1SCc1ccccc1C#N. The van der Waals surface area contributed by atoms with E-state index in [1.54, 1.807) is 25.2 Å². The Bertz CT molecular complexity index is 576. The van der Waals surface area contributed by atoms with Crippen molar-refractivity contribution in [2.45, 2.75) is 17.5 Å². The van der Waals surface area contributed by atoms with E-state index >= 15 is 0 Å². The topological polar surface area (TPSA) is 63.7 Å². The third-order valence-corrected chi connectivity index (χ3v) is 3.64. The van der Waals surface area contributed by atoms with Crippen molar-refractivity contribution < 1.29 is 4.74 Å². The molecule has 0 fully saturated rings. The van der Waals surface area contributed by atoms with Gasteiger partial charge in [0.05, 0.1) is 18.2 Å². The van der Waals surface area contributed by atoms with Gasteiger partial charge in [0.2, 0.25) is 0 Å². The molecule has 1 heterocycles. The second-order valence-corrected chi connectivity index (χ2v) is 4.80. The Morgan fingerprint density at radius 2 is 2.26 bits per heavy atom. The molecule has 1 aromatic carbocycles. The summed E-state index contributed by atoms with van der Waals surface area (Å²) in [5, 5.41) is 17.9. The molecule has 6 heteroatoms. The Hall–Kier alpha value is -1.84. The molecule has 5 nitrogen and oxygen atoms in total. The van der Waals surface area contributed by atoms with Gasteiger partial charge in [0.25, 0.3) is 0 Å². The molecule has 0 radical (unpaired) electrons. The van der Waals surface area contributed by atoms with Gasteiger partial charge in [-0.05, 0) is 11.6 Å². The number of benzene rings is 1. The fourth-order valence-electron chi connectivity index (χ4n) is 1.60. The van der Waals surface area contributed by atoms with Gasteiger partial charge in [-0.1, -0.05) is 30.0 Å². The van der Waals surface area contributed by atoms with Crippen LogP contribution in [0.4, 0.5) is 0 Å². The van der Waals surface area contributed by atoms with Crippen LogP contribution in [0.2, 0.25) is 0 Å². The molecule has 0 atom stereocenters. The van der Waals surface area contributed by atoms with Crippen molar-refractivity contribution in [3.05, 3.63) is 41.7 Å². The van der Waals surface area contributed by atoms with E-state index in [1.807, 2.05) is 28.8 Å². The standard InChI is InChI=1S/C13H14N4OS/c1-18-7-6-17-10-15-16-13(17)19-9-12-5-3-2-4-11(12)8-14/h2-5,10H,6-7,9H2,1H3. The number of ether oxygens (including phenoxy) is 1. The fourth-order valence-corrected chi connectivity index (χ4v) is 2.54. The predicted molar refractivity (Wildman–Crippen MR) is 72.6 cm³/mol. The second-order valence-electron chi connectivity index (χ2n) is 3.86. The molecule has 0 aliphatic rings. The van der Waals surface area contributed by atoms with Crippen molar-refractivity contribution in [2.24, 2.45) is 0 Å². The summed E-state index contributed by atoms with van der Waals surface area (Å²) >= 11 is 1.57. The van der Waals surface area contributed by atoms with Crippen LogP contribution >= 0.6 is 11.8 Å². The number of aromatic nitrogens is 3. The molecule has 0 aliphatic carbocycles. The number of thioether (sulfide) groups is 1. The summed E-state index contributed by atoms with van der Waals surface area (Å²) in [6.07, 6.45) is 1.69. The van der Waals surface area contributed by atoms with E-state index in [2.05, 4.69) is 16.3 Å². The summed E-state index contributed by atoms with van der Waals surface area (Å²) in [4.78, 5) is 0. The molecule has 2 rings (SSSR count). The van der Waals surface area contributed by atoms with Crippen molar-refractivity contribution in [3.8, 4) is 6.07 Å². The first-order valence-corrected chi connectivity index (χ1v) is 6.81. The highest BCUT2D eigenvalue weighted by Crippen LogP contribution is 2.22. The predicted octanol–water partition coefficient (Wildman–Crippen LogP) is 2.09. The van der Waals surface area contributed by atoms with Gasteiger partial charge in [-0.3, -0.25) is 0 Å². The van der Waals surface area contributed by atoms with Gasteiger partial charge >= 0.3 is 0 Å². The van der Waals surface area contributed by atoms with Crippen LogP contribution in [0, 0.1) is 11.3 Å². The van der Waals surface area contributed by atoms with Gasteiger partial charge in [0.1, 0.15) is 6.33 Å². The summed E-state index contributed by atoms with van der Waals surface area (Å²) in [5.41, 5.74) is 1.72. The van der Waals surface area contributed by atoms with E-state index in [0.717, 1.165) is 17.3 Å². The Kier molecular flexibility index (Phi) is 4.95. The second kappa shape index (κ2) is 6.92. The minimum atomic E-state index is 0.625. The van der Waals surface area contributed by atoms with Gasteiger partial charge in [-0.2, -0.15) is 5.26 Å². The highest BCUT2D eigenvalue weighted by Gasteiger charge is 2.07. The van der Waals surface area contributed by atoms with Crippen molar-refractivity contribution in [1.29, 1.82) is 5.26 Å². The van der Waals surface area contributed by atoms with Crippen LogP contribution in [0.25, 0.3) is 0 Å². The Morgan fingerprint density at radius 3 is 3.05 bits per heavy atom. The first-order chi connectivity index (χ1) is 9.35. The average molecular weight is 274 g/mol. The number of rotatable bonds is 6. The Labute approximate surface area is 116 Å². The lowest BCUT2D eigenvalue weighted by Crippen LogP contribution is -2.04. The quantitative estimate of drug-likeness (QED) is 0.755. The number of nitrogens with zero attached hydrogens (tertiary/aromatic N) is 4. The summed E-state index contributed by atoms with van der Waals surface area (Å²) in [6.45, 7) is 1.35. The van der Waals surface area contributed by atoms with Gasteiger partial charge in [-0.25, -0.2) is 0 Å². The summed E-state index contributed by atoms with van der Waals surface area (Å²) in [5.74, 6) is 0.704. The summed E-state index contributed by atoms with van der Waals surface area (Å²) in [6, 6.07) is 9.79.